The summed E-state index contributed by atoms with van der Waals surface area (Å²) in [5, 5.41) is 0.593. The molecule has 33 heavy (non-hydrogen) atoms. The Kier molecular flexibility index (Phi) is 5.06. The third kappa shape index (κ3) is 3.61. The van der Waals surface area contributed by atoms with E-state index >= 15 is 0 Å². The second-order valence-electron chi connectivity index (χ2n) is 9.95. The van der Waals surface area contributed by atoms with Gasteiger partial charge in [-0.3, -0.25) is 4.79 Å². The smallest absolute Gasteiger partial charge is 0.242 e. The van der Waals surface area contributed by atoms with Gasteiger partial charge in [0, 0.05) is 10.7 Å². The highest BCUT2D eigenvalue weighted by molar-refractivity contribution is 6.31. The Morgan fingerprint density at radius 2 is 1.85 bits per heavy atom. The molecule has 0 saturated carbocycles. The molecule has 1 atom stereocenters. The minimum Gasteiger partial charge on any atom is -0.488 e. The van der Waals surface area contributed by atoms with E-state index in [0.29, 0.717) is 17.1 Å². The van der Waals surface area contributed by atoms with Crippen molar-refractivity contribution in [3.63, 3.8) is 0 Å². The van der Waals surface area contributed by atoms with Gasteiger partial charge in [0.25, 0.3) is 0 Å². The first-order chi connectivity index (χ1) is 15.6. The first-order valence-corrected chi connectivity index (χ1v) is 11.7. The van der Waals surface area contributed by atoms with Crippen molar-refractivity contribution < 1.29 is 13.9 Å². The number of fused-ring (bicyclic) bond motifs is 2. The van der Waals surface area contributed by atoms with Crippen LogP contribution >= 0.6 is 11.6 Å². The fourth-order valence-electron chi connectivity index (χ4n) is 5.03. The molecule has 0 unspecified atom stereocenters. The lowest BCUT2D eigenvalue weighted by Gasteiger charge is -2.34. The van der Waals surface area contributed by atoms with Crippen LogP contribution in [0.2, 0.25) is 5.02 Å². The van der Waals surface area contributed by atoms with Gasteiger partial charge in [0.1, 0.15) is 17.2 Å². The number of nitrogens with zero attached hydrogens (tertiary/aromatic N) is 1. The van der Waals surface area contributed by atoms with Crippen LogP contribution in [0.3, 0.4) is 0 Å². The predicted octanol–water partition coefficient (Wildman–Crippen LogP) is 6.74. The number of carbonyl (C=O) groups is 1. The Morgan fingerprint density at radius 3 is 2.61 bits per heavy atom. The highest BCUT2D eigenvalue weighted by atomic mass is 35.5. The van der Waals surface area contributed by atoms with E-state index in [-0.39, 0.29) is 17.3 Å². The molecule has 3 nitrogen and oxygen atoms in total. The summed E-state index contributed by atoms with van der Waals surface area (Å²) in [5.74, 6) is 0.621. The second-order valence-corrected chi connectivity index (χ2v) is 10.4. The predicted molar refractivity (Wildman–Crippen MR) is 130 cm³/mol. The topological polar surface area (TPSA) is 29.5 Å². The minimum atomic E-state index is -0.878. The Morgan fingerprint density at radius 1 is 1.06 bits per heavy atom. The maximum absolute atomic E-state index is 14.0. The second kappa shape index (κ2) is 7.59. The van der Waals surface area contributed by atoms with Crippen LogP contribution in [0, 0.1) is 12.7 Å². The van der Waals surface area contributed by atoms with Crippen molar-refractivity contribution in [3.8, 4) is 5.75 Å². The molecule has 170 valence electrons. The number of anilines is 1. The van der Waals surface area contributed by atoms with Crippen LogP contribution in [0.25, 0.3) is 0 Å². The third-order valence-electron chi connectivity index (χ3n) is 7.04. The summed E-state index contributed by atoms with van der Waals surface area (Å²) in [4.78, 5) is 15.8. The van der Waals surface area contributed by atoms with Crippen molar-refractivity contribution in [1.82, 2.24) is 0 Å². The van der Waals surface area contributed by atoms with Gasteiger partial charge in [0.2, 0.25) is 5.91 Å². The number of carbonyl (C=O) groups excluding carboxylic acids is 1. The first kappa shape index (κ1) is 22.0. The van der Waals surface area contributed by atoms with Crippen LogP contribution < -0.4 is 9.64 Å². The van der Waals surface area contributed by atoms with Gasteiger partial charge in [-0.2, -0.15) is 0 Å². The van der Waals surface area contributed by atoms with Crippen molar-refractivity contribution in [2.45, 2.75) is 58.1 Å². The van der Waals surface area contributed by atoms with Crippen LogP contribution in [0.1, 0.15) is 55.0 Å². The zero-order valence-electron chi connectivity index (χ0n) is 19.3. The molecule has 0 radical (unpaired) electrons. The van der Waals surface area contributed by atoms with Gasteiger partial charge in [-0.05, 0) is 98.7 Å². The molecule has 2 aliphatic rings. The highest BCUT2D eigenvalue weighted by Crippen LogP contribution is 2.48. The molecule has 0 spiro atoms. The number of benzene rings is 3. The van der Waals surface area contributed by atoms with Gasteiger partial charge in [-0.25, -0.2) is 4.39 Å². The van der Waals surface area contributed by atoms with Crippen LogP contribution in [0.15, 0.2) is 54.6 Å². The van der Waals surface area contributed by atoms with E-state index in [4.69, 9.17) is 16.3 Å². The average molecular weight is 464 g/mol. The minimum absolute atomic E-state index is 0.0150. The lowest BCUT2D eigenvalue weighted by molar-refractivity contribution is -0.121. The SMILES string of the molecule is Cc1cc(CN2C(=O)[C@@](C)(c3ccc4c(c3)CCC(C)(C)O4)c3cc(Cl)ccc32)ccc1F. The standard InChI is InChI=1S/C28H27ClFNO2/c1-17-13-18(5-8-23(17)30)16-31-24-9-7-21(29)15-22(24)28(4,26(31)32)20-6-10-25-19(14-20)11-12-27(2,3)33-25/h5-10,13-15H,11-12,16H2,1-4H3/t28-/m0/s1. The number of aryl methyl sites for hydroxylation is 2. The largest absolute Gasteiger partial charge is 0.488 e. The molecule has 2 aliphatic heterocycles. The fourth-order valence-corrected chi connectivity index (χ4v) is 5.20. The molecule has 3 aromatic rings. The van der Waals surface area contributed by atoms with Gasteiger partial charge in [0.15, 0.2) is 0 Å². The van der Waals surface area contributed by atoms with E-state index in [0.717, 1.165) is 46.5 Å². The van der Waals surface area contributed by atoms with E-state index in [2.05, 4.69) is 19.9 Å². The van der Waals surface area contributed by atoms with Gasteiger partial charge in [-0.15, -0.1) is 0 Å². The Bertz CT molecular complexity index is 1280. The molecule has 0 fully saturated rings. The van der Waals surface area contributed by atoms with Crippen molar-refractivity contribution in [3.05, 3.63) is 93.3 Å². The van der Waals surface area contributed by atoms with Gasteiger partial charge < -0.3 is 9.64 Å². The molecule has 1 amide bonds. The Balaban J connectivity index is 1.59. The lowest BCUT2D eigenvalue weighted by Crippen LogP contribution is -2.39. The summed E-state index contributed by atoms with van der Waals surface area (Å²) in [6.07, 6.45) is 1.83. The van der Waals surface area contributed by atoms with E-state index in [1.165, 1.54) is 6.07 Å². The average Bonchev–Trinajstić information content (AvgIpc) is 2.97. The summed E-state index contributed by atoms with van der Waals surface area (Å²) >= 11 is 6.39. The number of rotatable bonds is 3. The molecule has 5 heteroatoms. The zero-order valence-corrected chi connectivity index (χ0v) is 20.1. The van der Waals surface area contributed by atoms with E-state index in [9.17, 15) is 9.18 Å². The maximum atomic E-state index is 14.0. The number of halogens is 2. The van der Waals surface area contributed by atoms with Crippen LogP contribution in [-0.2, 0) is 23.2 Å². The summed E-state index contributed by atoms with van der Waals surface area (Å²) < 4.78 is 20.0. The monoisotopic (exact) mass is 463 g/mol. The van der Waals surface area contributed by atoms with Crippen LogP contribution in [0.5, 0.6) is 5.75 Å². The molecule has 3 aromatic carbocycles. The molecule has 0 saturated heterocycles. The molecule has 0 bridgehead atoms. The van der Waals surface area contributed by atoms with Gasteiger partial charge >= 0.3 is 0 Å². The third-order valence-corrected chi connectivity index (χ3v) is 7.28. The Labute approximate surface area is 199 Å². The number of hydrogen-bond donors (Lipinski definition) is 0. The quantitative estimate of drug-likeness (QED) is 0.430. The number of hydrogen-bond acceptors (Lipinski definition) is 2. The molecular formula is C28H27ClFNO2. The summed E-state index contributed by atoms with van der Waals surface area (Å²) in [6.45, 7) is 8.26. The normalized spacial score (nSPS) is 20.9. The van der Waals surface area contributed by atoms with Gasteiger partial charge in [0.05, 0.1) is 12.0 Å². The van der Waals surface area contributed by atoms with Crippen molar-refractivity contribution in [2.24, 2.45) is 0 Å². The first-order valence-electron chi connectivity index (χ1n) is 11.3. The van der Waals surface area contributed by atoms with E-state index in [1.54, 1.807) is 24.0 Å². The summed E-state index contributed by atoms with van der Waals surface area (Å²) in [5.41, 5.74) is 4.15. The fraction of sp³-hybridized carbons (Fsp3) is 0.321. The molecule has 0 aromatic heterocycles. The van der Waals surface area contributed by atoms with E-state index in [1.807, 2.05) is 37.3 Å². The number of amides is 1. The summed E-state index contributed by atoms with van der Waals surface area (Å²) in [7, 11) is 0. The van der Waals surface area contributed by atoms with Crippen LogP contribution in [0.4, 0.5) is 10.1 Å². The van der Waals surface area contributed by atoms with Crippen molar-refractivity contribution in [2.75, 3.05) is 4.90 Å². The highest BCUT2D eigenvalue weighted by Gasteiger charge is 2.49. The molecule has 5 rings (SSSR count). The molecular weight excluding hydrogens is 437 g/mol. The maximum Gasteiger partial charge on any atom is 0.242 e. The molecule has 2 heterocycles. The van der Waals surface area contributed by atoms with Crippen molar-refractivity contribution >= 4 is 23.2 Å². The van der Waals surface area contributed by atoms with Crippen molar-refractivity contribution in [1.29, 1.82) is 0 Å². The van der Waals surface area contributed by atoms with Gasteiger partial charge in [-0.1, -0.05) is 35.9 Å². The van der Waals surface area contributed by atoms with Crippen LogP contribution in [-0.4, -0.2) is 11.5 Å². The zero-order chi connectivity index (χ0) is 23.5. The lowest BCUT2D eigenvalue weighted by atomic mass is 9.76. The molecule has 0 aliphatic carbocycles. The summed E-state index contributed by atoms with van der Waals surface area (Å²) in [6, 6.07) is 16.7. The Hall–Kier alpha value is -2.85. The number of ether oxygens (including phenoxy) is 1. The van der Waals surface area contributed by atoms with E-state index < -0.39 is 5.41 Å². The molecule has 0 N–H and O–H groups in total.